The van der Waals surface area contributed by atoms with Crippen LogP contribution in [0.2, 0.25) is 0 Å². The van der Waals surface area contributed by atoms with E-state index in [0.717, 1.165) is 25.7 Å². The summed E-state index contributed by atoms with van der Waals surface area (Å²) in [6.07, 6.45) is 9.12. The summed E-state index contributed by atoms with van der Waals surface area (Å²) in [6.45, 7) is 13.7. The maximum Gasteiger partial charge on any atom is 0.165 e. The molecule has 0 bridgehead atoms. The minimum Gasteiger partial charge on any atom is -0.489 e. The zero-order valence-corrected chi connectivity index (χ0v) is 19.9. The van der Waals surface area contributed by atoms with Gasteiger partial charge in [-0.1, -0.05) is 66.2 Å². The van der Waals surface area contributed by atoms with Gasteiger partial charge in [-0.15, -0.1) is 0 Å². The van der Waals surface area contributed by atoms with Crippen molar-refractivity contribution in [3.63, 3.8) is 0 Å². The molecule has 2 atom stereocenters. The molecule has 0 aliphatic rings. The second-order valence-corrected chi connectivity index (χ2v) is 8.34. The number of rotatable bonds is 14. The van der Waals surface area contributed by atoms with Gasteiger partial charge in [0.25, 0.3) is 0 Å². The molecule has 0 fully saturated rings. The van der Waals surface area contributed by atoms with Crippen molar-refractivity contribution < 1.29 is 9.47 Å². The normalized spacial score (nSPS) is 12.7. The van der Waals surface area contributed by atoms with Gasteiger partial charge >= 0.3 is 0 Å². The van der Waals surface area contributed by atoms with E-state index in [1.54, 1.807) is 0 Å². The summed E-state index contributed by atoms with van der Waals surface area (Å²) in [5.74, 6) is 2.24. The zero-order chi connectivity index (χ0) is 22.5. The summed E-state index contributed by atoms with van der Waals surface area (Å²) in [4.78, 5) is 0. The molecular formula is C26H40N2O2. The molecule has 0 amide bonds. The Morgan fingerprint density at radius 2 is 1.07 bits per heavy atom. The summed E-state index contributed by atoms with van der Waals surface area (Å²) in [5, 5.41) is 19.3. The first kappa shape index (κ1) is 25.8. The highest BCUT2D eigenvalue weighted by molar-refractivity contribution is 5.66. The largest absolute Gasteiger partial charge is 0.489 e. The van der Waals surface area contributed by atoms with Crippen molar-refractivity contribution in [2.45, 2.75) is 92.9 Å². The van der Waals surface area contributed by atoms with E-state index in [2.05, 4.69) is 39.8 Å². The van der Waals surface area contributed by atoms with E-state index in [-0.39, 0.29) is 0 Å². The maximum atomic E-state index is 9.67. The molecule has 4 nitrogen and oxygen atoms in total. The fourth-order valence-electron chi connectivity index (χ4n) is 3.77. The van der Waals surface area contributed by atoms with Gasteiger partial charge in [0.1, 0.15) is 12.1 Å². The molecule has 0 aliphatic heterocycles. The van der Waals surface area contributed by atoms with E-state index in [0.29, 0.717) is 58.8 Å². The molecule has 0 heterocycles. The molecule has 0 saturated carbocycles. The molecule has 4 heteroatoms. The van der Waals surface area contributed by atoms with Gasteiger partial charge in [0.15, 0.2) is 11.5 Å². The predicted octanol–water partition coefficient (Wildman–Crippen LogP) is 7.24. The lowest BCUT2D eigenvalue weighted by molar-refractivity contribution is 0.197. The Bertz CT molecular complexity index is 680. The summed E-state index contributed by atoms with van der Waals surface area (Å²) < 4.78 is 12.6. The molecule has 1 rings (SSSR count). The number of benzene rings is 1. The first-order valence-corrected chi connectivity index (χ1v) is 11.7. The summed E-state index contributed by atoms with van der Waals surface area (Å²) in [5.41, 5.74) is 2.22. The van der Waals surface area contributed by atoms with E-state index in [4.69, 9.17) is 9.47 Å². The highest BCUT2D eigenvalue weighted by atomic mass is 16.5. The van der Waals surface area contributed by atoms with Gasteiger partial charge in [-0.05, 0) is 38.5 Å². The van der Waals surface area contributed by atoms with Gasteiger partial charge in [0, 0.05) is 11.1 Å². The van der Waals surface area contributed by atoms with E-state index < -0.39 is 0 Å². The zero-order valence-electron chi connectivity index (χ0n) is 19.9. The van der Waals surface area contributed by atoms with Crippen LogP contribution in [0.3, 0.4) is 0 Å². The third-order valence-corrected chi connectivity index (χ3v) is 6.12. The minimum atomic E-state index is 0.400. The monoisotopic (exact) mass is 412 g/mol. The molecule has 1 aromatic carbocycles. The number of nitrogens with zero attached hydrogens (tertiary/aromatic N) is 2. The first-order valence-electron chi connectivity index (χ1n) is 11.7. The summed E-state index contributed by atoms with van der Waals surface area (Å²) >= 11 is 0. The second kappa shape index (κ2) is 13.9. The van der Waals surface area contributed by atoms with Crippen LogP contribution in [0.5, 0.6) is 11.5 Å². The molecular weight excluding hydrogens is 372 g/mol. The molecule has 0 saturated heterocycles. The van der Waals surface area contributed by atoms with Crippen LogP contribution in [0.1, 0.15) is 101 Å². The SMILES string of the molecule is CCCCC(CC)COc1c(C)c(C#N)c(C#N)c(C)c1OCC(CC)CCCC. The van der Waals surface area contributed by atoms with Crippen molar-refractivity contribution in [1.82, 2.24) is 0 Å². The molecule has 30 heavy (non-hydrogen) atoms. The van der Waals surface area contributed by atoms with Crippen molar-refractivity contribution in [2.75, 3.05) is 13.2 Å². The molecule has 0 spiro atoms. The standard InChI is InChI=1S/C26H40N2O2/c1-7-11-13-21(9-3)17-29-25-19(5)23(15-27)24(16-28)20(6)26(25)30-18-22(10-4)14-12-8-2/h21-22H,7-14,17-18H2,1-6H3. The van der Waals surface area contributed by atoms with Gasteiger partial charge in [0.05, 0.1) is 24.3 Å². The van der Waals surface area contributed by atoms with Crippen molar-refractivity contribution in [3.05, 3.63) is 22.3 Å². The topological polar surface area (TPSA) is 66.0 Å². The van der Waals surface area contributed by atoms with E-state index in [9.17, 15) is 10.5 Å². The molecule has 0 aliphatic carbocycles. The number of unbranched alkanes of at least 4 members (excludes halogenated alkanes) is 2. The third-order valence-electron chi connectivity index (χ3n) is 6.12. The quantitative estimate of drug-likeness (QED) is 0.323. The molecule has 1 aromatic rings. The van der Waals surface area contributed by atoms with Crippen molar-refractivity contribution >= 4 is 0 Å². The summed E-state index contributed by atoms with van der Waals surface area (Å²) in [6, 6.07) is 4.41. The number of nitriles is 2. The molecule has 0 radical (unpaired) electrons. The summed E-state index contributed by atoms with van der Waals surface area (Å²) in [7, 11) is 0. The predicted molar refractivity (Wildman–Crippen MR) is 123 cm³/mol. The van der Waals surface area contributed by atoms with Crippen molar-refractivity contribution in [2.24, 2.45) is 11.8 Å². The Morgan fingerprint density at radius 3 is 1.33 bits per heavy atom. The smallest absolute Gasteiger partial charge is 0.165 e. The molecule has 2 unspecified atom stereocenters. The second-order valence-electron chi connectivity index (χ2n) is 8.34. The van der Waals surface area contributed by atoms with Crippen LogP contribution >= 0.6 is 0 Å². The highest BCUT2D eigenvalue weighted by Gasteiger charge is 2.23. The fraction of sp³-hybridized carbons (Fsp3) is 0.692. The Morgan fingerprint density at radius 1 is 0.700 bits per heavy atom. The van der Waals surface area contributed by atoms with Crippen LogP contribution < -0.4 is 9.47 Å². The maximum absolute atomic E-state index is 9.67. The molecule has 166 valence electrons. The average Bonchev–Trinajstić information content (AvgIpc) is 2.76. The lowest BCUT2D eigenvalue weighted by Crippen LogP contribution is -2.16. The lowest BCUT2D eigenvalue weighted by atomic mass is 9.96. The number of hydrogen-bond donors (Lipinski definition) is 0. The Hall–Kier alpha value is -2.20. The Balaban J connectivity index is 3.24. The lowest BCUT2D eigenvalue weighted by Gasteiger charge is -2.23. The van der Waals surface area contributed by atoms with Gasteiger partial charge in [-0.2, -0.15) is 10.5 Å². The van der Waals surface area contributed by atoms with Gasteiger partial charge < -0.3 is 9.47 Å². The average molecular weight is 413 g/mol. The highest BCUT2D eigenvalue weighted by Crippen LogP contribution is 2.40. The van der Waals surface area contributed by atoms with Crippen LogP contribution in [0.15, 0.2) is 0 Å². The fourth-order valence-corrected chi connectivity index (χ4v) is 3.77. The minimum absolute atomic E-state index is 0.400. The van der Waals surface area contributed by atoms with Crippen LogP contribution in [-0.4, -0.2) is 13.2 Å². The Labute approximate surface area is 184 Å². The van der Waals surface area contributed by atoms with Crippen LogP contribution in [-0.2, 0) is 0 Å². The number of hydrogen-bond acceptors (Lipinski definition) is 4. The van der Waals surface area contributed by atoms with Crippen LogP contribution in [0.25, 0.3) is 0 Å². The van der Waals surface area contributed by atoms with Gasteiger partial charge in [-0.3, -0.25) is 0 Å². The van der Waals surface area contributed by atoms with Crippen LogP contribution in [0, 0.1) is 48.3 Å². The molecule has 0 N–H and O–H groups in total. The van der Waals surface area contributed by atoms with Gasteiger partial charge in [0.2, 0.25) is 0 Å². The number of ether oxygens (including phenoxy) is 2. The Kier molecular flexibility index (Phi) is 12.0. The van der Waals surface area contributed by atoms with E-state index in [1.807, 2.05) is 13.8 Å². The van der Waals surface area contributed by atoms with Crippen molar-refractivity contribution in [3.8, 4) is 23.6 Å². The molecule has 0 aromatic heterocycles. The van der Waals surface area contributed by atoms with Crippen molar-refractivity contribution in [1.29, 1.82) is 10.5 Å². The van der Waals surface area contributed by atoms with E-state index in [1.165, 1.54) is 25.7 Å². The van der Waals surface area contributed by atoms with E-state index >= 15 is 0 Å². The van der Waals surface area contributed by atoms with Gasteiger partial charge in [-0.25, -0.2) is 0 Å². The van der Waals surface area contributed by atoms with Crippen LogP contribution in [0.4, 0.5) is 0 Å². The first-order chi connectivity index (χ1) is 14.5. The third kappa shape index (κ3) is 6.94.